The van der Waals surface area contributed by atoms with Crippen molar-refractivity contribution in [3.8, 4) is 6.07 Å². The van der Waals surface area contributed by atoms with Gasteiger partial charge in [-0.3, -0.25) is 0 Å². The largest absolute Gasteiger partial charge is 0.334 e. The molecule has 26 heavy (non-hydrogen) atoms. The number of hydrogen-bond donors (Lipinski definition) is 1. The van der Waals surface area contributed by atoms with Crippen molar-refractivity contribution in [1.82, 2.24) is 10.2 Å². The molecule has 8 heteroatoms. The van der Waals surface area contributed by atoms with E-state index in [9.17, 15) is 13.2 Å². The second-order valence-corrected chi connectivity index (χ2v) is 8.93. The maximum atomic E-state index is 12.6. The standard InChI is InChI=1S/C18H22ClN3O3S/c1-13-4-7-17(14-5-6-15(11-20)16(19)10-14)22(12-13)18(23)21-8-3-9-26(2,24)25/h3,5-6,9-10,13,17H,4,7-8,12H2,1-2H3,(H,21,23)/b9-3+/t13-,17?/m0/s1. The number of nitrogens with zero attached hydrogens (tertiary/aromatic N) is 2. The molecule has 0 saturated carbocycles. The predicted molar refractivity (Wildman–Crippen MR) is 101 cm³/mol. The Morgan fingerprint density at radius 2 is 2.19 bits per heavy atom. The Morgan fingerprint density at radius 3 is 2.81 bits per heavy atom. The van der Waals surface area contributed by atoms with Gasteiger partial charge < -0.3 is 10.2 Å². The summed E-state index contributed by atoms with van der Waals surface area (Å²) in [5, 5.41) is 13.2. The summed E-state index contributed by atoms with van der Waals surface area (Å²) in [6, 6.07) is 6.89. The number of benzene rings is 1. The molecule has 1 saturated heterocycles. The molecule has 140 valence electrons. The average Bonchev–Trinajstić information content (AvgIpc) is 2.57. The van der Waals surface area contributed by atoms with Crippen LogP contribution in [0.2, 0.25) is 5.02 Å². The Labute approximate surface area is 159 Å². The van der Waals surface area contributed by atoms with Crippen molar-refractivity contribution in [3.63, 3.8) is 0 Å². The first-order chi connectivity index (χ1) is 12.2. The number of carbonyl (C=O) groups is 1. The van der Waals surface area contributed by atoms with E-state index in [2.05, 4.69) is 12.2 Å². The number of carbonyl (C=O) groups excluding carboxylic acids is 1. The zero-order valence-electron chi connectivity index (χ0n) is 14.8. The van der Waals surface area contributed by atoms with E-state index < -0.39 is 9.84 Å². The Bertz CT molecular complexity index is 846. The van der Waals surface area contributed by atoms with Crippen LogP contribution >= 0.6 is 11.6 Å². The van der Waals surface area contributed by atoms with Crippen molar-refractivity contribution in [2.24, 2.45) is 5.92 Å². The highest BCUT2D eigenvalue weighted by atomic mass is 35.5. The lowest BCUT2D eigenvalue weighted by atomic mass is 9.90. The quantitative estimate of drug-likeness (QED) is 0.847. The number of hydrogen-bond acceptors (Lipinski definition) is 4. The molecule has 1 aliphatic heterocycles. The van der Waals surface area contributed by atoms with E-state index in [1.807, 2.05) is 12.1 Å². The molecule has 2 amide bonds. The van der Waals surface area contributed by atoms with Crippen LogP contribution in [0, 0.1) is 17.2 Å². The van der Waals surface area contributed by atoms with Crippen molar-refractivity contribution in [2.45, 2.75) is 25.8 Å². The van der Waals surface area contributed by atoms with Gasteiger partial charge in [0.05, 0.1) is 16.6 Å². The molecule has 1 fully saturated rings. The van der Waals surface area contributed by atoms with Crippen LogP contribution in [-0.4, -0.2) is 38.7 Å². The summed E-state index contributed by atoms with van der Waals surface area (Å²) in [6.45, 7) is 2.83. The van der Waals surface area contributed by atoms with Crippen molar-refractivity contribution in [3.05, 3.63) is 45.8 Å². The summed E-state index contributed by atoms with van der Waals surface area (Å²) in [6.07, 6.45) is 4.30. The number of rotatable bonds is 4. The maximum Gasteiger partial charge on any atom is 0.318 e. The zero-order valence-corrected chi connectivity index (χ0v) is 16.3. The molecule has 1 aromatic carbocycles. The number of urea groups is 1. The van der Waals surface area contributed by atoms with Crippen molar-refractivity contribution in [2.75, 3.05) is 19.3 Å². The van der Waals surface area contributed by atoms with Gasteiger partial charge in [0.1, 0.15) is 6.07 Å². The second kappa shape index (κ2) is 8.56. The van der Waals surface area contributed by atoms with Gasteiger partial charge in [0.2, 0.25) is 0 Å². The van der Waals surface area contributed by atoms with Gasteiger partial charge in [-0.05, 0) is 36.5 Å². The number of nitriles is 1. The monoisotopic (exact) mass is 395 g/mol. The third kappa shape index (κ3) is 5.48. The Hall–Kier alpha value is -2.04. The first-order valence-electron chi connectivity index (χ1n) is 8.32. The van der Waals surface area contributed by atoms with Gasteiger partial charge in [0.25, 0.3) is 0 Å². The summed E-state index contributed by atoms with van der Waals surface area (Å²) in [7, 11) is -3.21. The minimum atomic E-state index is -3.21. The van der Waals surface area contributed by atoms with Crippen LogP contribution in [-0.2, 0) is 9.84 Å². The normalized spacial score (nSPS) is 20.8. The van der Waals surface area contributed by atoms with Crippen molar-refractivity contribution in [1.29, 1.82) is 5.26 Å². The molecule has 6 nitrogen and oxygen atoms in total. The molecule has 0 spiro atoms. The minimum Gasteiger partial charge on any atom is -0.334 e. The van der Waals surface area contributed by atoms with Crippen LogP contribution in [0.15, 0.2) is 29.7 Å². The van der Waals surface area contributed by atoms with Gasteiger partial charge in [-0.25, -0.2) is 13.2 Å². The highest BCUT2D eigenvalue weighted by molar-refractivity contribution is 7.93. The molecule has 1 unspecified atom stereocenters. The van der Waals surface area contributed by atoms with Crippen LogP contribution in [0.4, 0.5) is 4.79 Å². The van der Waals surface area contributed by atoms with Crippen LogP contribution in [0.1, 0.15) is 36.9 Å². The van der Waals surface area contributed by atoms with E-state index in [4.69, 9.17) is 16.9 Å². The van der Waals surface area contributed by atoms with E-state index in [1.54, 1.807) is 17.0 Å². The third-order valence-corrected chi connectivity index (χ3v) is 5.29. The molecule has 1 N–H and O–H groups in total. The lowest BCUT2D eigenvalue weighted by Gasteiger charge is -2.39. The van der Waals surface area contributed by atoms with E-state index >= 15 is 0 Å². The van der Waals surface area contributed by atoms with E-state index in [0.29, 0.717) is 23.0 Å². The summed E-state index contributed by atoms with van der Waals surface area (Å²) in [5.41, 5.74) is 1.30. The SMILES string of the molecule is C[C@H]1CCC(c2ccc(C#N)c(Cl)c2)N(C(=O)NC/C=C/S(C)(=O)=O)C1. The summed E-state index contributed by atoms with van der Waals surface area (Å²) < 4.78 is 22.2. The minimum absolute atomic E-state index is 0.129. The van der Waals surface area contributed by atoms with Crippen LogP contribution in [0.3, 0.4) is 0 Å². The number of sulfone groups is 1. The van der Waals surface area contributed by atoms with Gasteiger partial charge in [0, 0.05) is 24.8 Å². The van der Waals surface area contributed by atoms with Crippen LogP contribution < -0.4 is 5.32 Å². The van der Waals surface area contributed by atoms with Crippen LogP contribution in [0.25, 0.3) is 0 Å². The lowest BCUT2D eigenvalue weighted by molar-refractivity contribution is 0.130. The topological polar surface area (TPSA) is 90.3 Å². The number of amides is 2. The molecule has 0 radical (unpaired) electrons. The third-order valence-electron chi connectivity index (χ3n) is 4.29. The van der Waals surface area contributed by atoms with E-state index in [0.717, 1.165) is 30.1 Å². The summed E-state index contributed by atoms with van der Waals surface area (Å²) >= 11 is 6.14. The second-order valence-electron chi connectivity index (χ2n) is 6.59. The highest BCUT2D eigenvalue weighted by Gasteiger charge is 2.31. The molecule has 2 rings (SSSR count). The molecule has 0 aliphatic carbocycles. The molecule has 0 bridgehead atoms. The number of nitrogens with one attached hydrogen (secondary N) is 1. The zero-order chi connectivity index (χ0) is 19.3. The fourth-order valence-electron chi connectivity index (χ4n) is 3.02. The van der Waals surface area contributed by atoms with E-state index in [-0.39, 0.29) is 18.6 Å². The fourth-order valence-corrected chi connectivity index (χ4v) is 3.70. The Kier molecular flexibility index (Phi) is 6.68. The molecule has 1 aromatic rings. The molecular weight excluding hydrogens is 374 g/mol. The molecule has 0 aromatic heterocycles. The summed E-state index contributed by atoms with van der Waals surface area (Å²) in [4.78, 5) is 14.4. The van der Waals surface area contributed by atoms with Crippen molar-refractivity contribution < 1.29 is 13.2 Å². The lowest BCUT2D eigenvalue weighted by Crippen LogP contribution is -2.46. The first-order valence-corrected chi connectivity index (χ1v) is 10.6. The van der Waals surface area contributed by atoms with E-state index in [1.165, 1.54) is 6.08 Å². The average molecular weight is 396 g/mol. The van der Waals surface area contributed by atoms with Gasteiger partial charge in [0.15, 0.2) is 9.84 Å². The van der Waals surface area contributed by atoms with Gasteiger partial charge in [-0.15, -0.1) is 0 Å². The molecular formula is C18H22ClN3O3S. The Morgan fingerprint density at radius 1 is 1.46 bits per heavy atom. The van der Waals surface area contributed by atoms with Gasteiger partial charge in [-0.2, -0.15) is 5.26 Å². The molecule has 2 atom stereocenters. The fraction of sp³-hybridized carbons (Fsp3) is 0.444. The number of piperidine rings is 1. The number of likely N-dealkylation sites (tertiary alicyclic amines) is 1. The molecule has 1 heterocycles. The van der Waals surface area contributed by atoms with Gasteiger partial charge >= 0.3 is 6.03 Å². The Balaban J connectivity index is 2.14. The summed E-state index contributed by atoms with van der Waals surface area (Å²) in [5.74, 6) is 0.373. The highest BCUT2D eigenvalue weighted by Crippen LogP contribution is 2.34. The number of halogens is 1. The molecule has 1 aliphatic rings. The van der Waals surface area contributed by atoms with Gasteiger partial charge in [-0.1, -0.05) is 30.7 Å². The van der Waals surface area contributed by atoms with Crippen LogP contribution in [0.5, 0.6) is 0 Å². The maximum absolute atomic E-state index is 12.6. The van der Waals surface area contributed by atoms with Crippen molar-refractivity contribution >= 4 is 27.5 Å². The first kappa shape index (κ1) is 20.3. The smallest absolute Gasteiger partial charge is 0.318 e. The predicted octanol–water partition coefficient (Wildman–Crippen LogP) is 3.25.